The molecule has 0 aromatic carbocycles. The molecule has 1 saturated carbocycles. The summed E-state index contributed by atoms with van der Waals surface area (Å²) in [5, 5.41) is 9.21. The molecule has 3 N–H and O–H groups in total. The van der Waals surface area contributed by atoms with Crippen molar-refractivity contribution in [3.8, 4) is 0 Å². The van der Waals surface area contributed by atoms with Gasteiger partial charge in [-0.05, 0) is 46.1 Å². The Hall–Kier alpha value is -0.120. The maximum Gasteiger partial charge on any atom is 0.0609 e. The Morgan fingerprint density at radius 1 is 1.50 bits per heavy atom. The second-order valence-corrected chi connectivity index (χ2v) is 5.69. The topological polar surface area (TPSA) is 49.5 Å². The van der Waals surface area contributed by atoms with Gasteiger partial charge in [0, 0.05) is 17.6 Å². The van der Waals surface area contributed by atoms with Gasteiger partial charge in [0.15, 0.2) is 0 Å². The van der Waals surface area contributed by atoms with E-state index < -0.39 is 5.54 Å². The van der Waals surface area contributed by atoms with Crippen LogP contribution in [0.5, 0.6) is 0 Å². The van der Waals surface area contributed by atoms with Crippen LogP contribution in [-0.4, -0.2) is 40.8 Å². The van der Waals surface area contributed by atoms with Gasteiger partial charge in [0.1, 0.15) is 0 Å². The first-order valence-corrected chi connectivity index (χ1v) is 6.65. The lowest BCUT2D eigenvalue weighted by Gasteiger charge is -2.34. The molecule has 0 spiro atoms. The lowest BCUT2D eigenvalue weighted by molar-refractivity contribution is 0.130. The highest BCUT2D eigenvalue weighted by atomic mass is 16.3. The molecule has 2 unspecified atom stereocenters. The number of nitrogens with zero attached hydrogens (tertiary/aromatic N) is 1. The standard InChI is InChI=1S/C13H28N2O/c1-4-5-8-15(12-6-7-12)11(2)9-13(3,14)10-16/h11-12,16H,4-10,14H2,1-3H3. The average Bonchev–Trinajstić information content (AvgIpc) is 3.02. The predicted molar refractivity (Wildman–Crippen MR) is 68.4 cm³/mol. The number of nitrogens with two attached hydrogens (primary N) is 1. The van der Waals surface area contributed by atoms with Gasteiger partial charge in [-0.15, -0.1) is 0 Å². The van der Waals surface area contributed by atoms with Crippen LogP contribution in [0.1, 0.15) is 52.9 Å². The highest BCUT2D eigenvalue weighted by molar-refractivity contribution is 4.91. The Morgan fingerprint density at radius 2 is 2.12 bits per heavy atom. The second-order valence-electron chi connectivity index (χ2n) is 5.69. The summed E-state index contributed by atoms with van der Waals surface area (Å²) in [6.07, 6.45) is 6.07. The molecule has 0 heterocycles. The van der Waals surface area contributed by atoms with Gasteiger partial charge >= 0.3 is 0 Å². The van der Waals surface area contributed by atoms with Crippen molar-refractivity contribution >= 4 is 0 Å². The highest BCUT2D eigenvalue weighted by Gasteiger charge is 2.33. The molecule has 0 saturated heterocycles. The van der Waals surface area contributed by atoms with Gasteiger partial charge in [-0.1, -0.05) is 13.3 Å². The zero-order chi connectivity index (χ0) is 12.2. The summed E-state index contributed by atoms with van der Waals surface area (Å²) in [7, 11) is 0. The van der Waals surface area contributed by atoms with Gasteiger partial charge in [0.2, 0.25) is 0 Å². The number of aliphatic hydroxyl groups is 1. The molecule has 0 bridgehead atoms. The second kappa shape index (κ2) is 5.99. The average molecular weight is 228 g/mol. The molecule has 1 aliphatic carbocycles. The van der Waals surface area contributed by atoms with Crippen LogP contribution in [0.3, 0.4) is 0 Å². The lowest BCUT2D eigenvalue weighted by atomic mass is 9.95. The van der Waals surface area contributed by atoms with Crippen molar-refractivity contribution < 1.29 is 5.11 Å². The quantitative estimate of drug-likeness (QED) is 0.665. The monoisotopic (exact) mass is 228 g/mol. The van der Waals surface area contributed by atoms with Gasteiger partial charge < -0.3 is 10.8 Å². The molecule has 1 rings (SSSR count). The molecule has 0 radical (unpaired) electrons. The number of hydrogen-bond acceptors (Lipinski definition) is 3. The van der Waals surface area contributed by atoms with Crippen molar-refractivity contribution in [2.24, 2.45) is 5.73 Å². The van der Waals surface area contributed by atoms with Crippen LogP contribution >= 0.6 is 0 Å². The minimum atomic E-state index is -0.432. The van der Waals surface area contributed by atoms with Crippen LogP contribution in [0.2, 0.25) is 0 Å². The Bertz CT molecular complexity index is 202. The summed E-state index contributed by atoms with van der Waals surface area (Å²) in [6, 6.07) is 1.28. The van der Waals surface area contributed by atoms with E-state index in [0.717, 1.165) is 12.5 Å². The van der Waals surface area contributed by atoms with E-state index in [1.165, 1.54) is 32.2 Å². The van der Waals surface area contributed by atoms with E-state index in [1.807, 2.05) is 6.92 Å². The minimum absolute atomic E-state index is 0.0730. The van der Waals surface area contributed by atoms with Gasteiger partial charge in [-0.2, -0.15) is 0 Å². The molecule has 96 valence electrons. The summed E-state index contributed by atoms with van der Waals surface area (Å²) in [5.74, 6) is 0. The van der Waals surface area contributed by atoms with E-state index >= 15 is 0 Å². The molecule has 0 amide bonds. The third-order valence-corrected chi connectivity index (χ3v) is 3.47. The van der Waals surface area contributed by atoms with Crippen molar-refractivity contribution in [1.82, 2.24) is 4.90 Å². The molecule has 1 aliphatic rings. The van der Waals surface area contributed by atoms with Crippen LogP contribution < -0.4 is 5.73 Å². The maximum atomic E-state index is 9.21. The molecule has 0 aliphatic heterocycles. The summed E-state index contributed by atoms with van der Waals surface area (Å²) in [5.41, 5.74) is 5.60. The molecule has 1 fully saturated rings. The largest absolute Gasteiger partial charge is 0.394 e. The third-order valence-electron chi connectivity index (χ3n) is 3.47. The van der Waals surface area contributed by atoms with Crippen molar-refractivity contribution in [3.05, 3.63) is 0 Å². The van der Waals surface area contributed by atoms with Crippen molar-refractivity contribution in [2.75, 3.05) is 13.2 Å². The van der Waals surface area contributed by atoms with Gasteiger partial charge in [0.05, 0.1) is 6.61 Å². The Labute approximate surface area is 100 Å². The van der Waals surface area contributed by atoms with Crippen LogP contribution in [0.25, 0.3) is 0 Å². The molecule has 16 heavy (non-hydrogen) atoms. The third kappa shape index (κ3) is 4.40. The molecular weight excluding hydrogens is 200 g/mol. The van der Waals surface area contributed by atoms with Gasteiger partial charge in [-0.3, -0.25) is 4.90 Å². The number of rotatable bonds is 8. The summed E-state index contributed by atoms with van der Waals surface area (Å²) in [6.45, 7) is 7.67. The fourth-order valence-electron chi connectivity index (χ4n) is 2.37. The smallest absolute Gasteiger partial charge is 0.0609 e. The molecule has 0 aromatic rings. The van der Waals surface area contributed by atoms with E-state index in [1.54, 1.807) is 0 Å². The Balaban J connectivity index is 2.43. The number of hydrogen-bond donors (Lipinski definition) is 2. The fraction of sp³-hybridized carbons (Fsp3) is 1.00. The molecule has 0 aromatic heterocycles. The molecular formula is C13H28N2O. The molecule has 3 nitrogen and oxygen atoms in total. The normalized spacial score (nSPS) is 22.1. The van der Waals surface area contributed by atoms with E-state index in [-0.39, 0.29) is 6.61 Å². The summed E-state index contributed by atoms with van der Waals surface area (Å²) >= 11 is 0. The summed E-state index contributed by atoms with van der Waals surface area (Å²) < 4.78 is 0. The predicted octanol–water partition coefficient (Wildman–Crippen LogP) is 1.74. The zero-order valence-corrected chi connectivity index (χ0v) is 11.1. The first-order valence-electron chi connectivity index (χ1n) is 6.65. The summed E-state index contributed by atoms with van der Waals surface area (Å²) in [4.78, 5) is 2.59. The van der Waals surface area contributed by atoms with E-state index in [4.69, 9.17) is 5.73 Å². The highest BCUT2D eigenvalue weighted by Crippen LogP contribution is 2.30. The Kier molecular flexibility index (Phi) is 5.22. The van der Waals surface area contributed by atoms with Crippen LogP contribution in [-0.2, 0) is 0 Å². The SMILES string of the molecule is CCCCN(C(C)CC(C)(N)CO)C1CC1. The maximum absolute atomic E-state index is 9.21. The van der Waals surface area contributed by atoms with Crippen LogP contribution in [0, 0.1) is 0 Å². The first kappa shape index (κ1) is 13.9. The molecule has 2 atom stereocenters. The molecule has 3 heteroatoms. The van der Waals surface area contributed by atoms with Crippen molar-refractivity contribution in [3.63, 3.8) is 0 Å². The Morgan fingerprint density at radius 3 is 2.56 bits per heavy atom. The van der Waals surface area contributed by atoms with E-state index in [0.29, 0.717) is 6.04 Å². The van der Waals surface area contributed by atoms with Crippen LogP contribution in [0.15, 0.2) is 0 Å². The van der Waals surface area contributed by atoms with Crippen LogP contribution in [0.4, 0.5) is 0 Å². The minimum Gasteiger partial charge on any atom is -0.394 e. The van der Waals surface area contributed by atoms with Gasteiger partial charge in [0.25, 0.3) is 0 Å². The zero-order valence-electron chi connectivity index (χ0n) is 11.1. The number of unbranched alkanes of at least 4 members (excludes halogenated alkanes) is 1. The van der Waals surface area contributed by atoms with Crippen molar-refractivity contribution in [2.45, 2.75) is 70.5 Å². The van der Waals surface area contributed by atoms with E-state index in [2.05, 4.69) is 18.7 Å². The van der Waals surface area contributed by atoms with E-state index in [9.17, 15) is 5.11 Å². The van der Waals surface area contributed by atoms with Crippen molar-refractivity contribution in [1.29, 1.82) is 0 Å². The number of aliphatic hydroxyl groups excluding tert-OH is 1. The fourth-order valence-corrected chi connectivity index (χ4v) is 2.37. The lowest BCUT2D eigenvalue weighted by Crippen LogP contribution is -2.48. The first-order chi connectivity index (χ1) is 7.50. The van der Waals surface area contributed by atoms with Gasteiger partial charge in [-0.25, -0.2) is 0 Å².